The average Bonchev–Trinajstić information content (AvgIpc) is 3.15. The molecule has 1 aromatic heterocycles. The highest BCUT2D eigenvalue weighted by Crippen LogP contribution is 2.25. The number of nitrogens with one attached hydrogen (secondary N) is 1. The van der Waals surface area contributed by atoms with Gasteiger partial charge < -0.3 is 19.7 Å². The normalized spacial score (nSPS) is 14.6. The van der Waals surface area contributed by atoms with E-state index in [1.807, 2.05) is 5.38 Å². The van der Waals surface area contributed by atoms with Crippen LogP contribution in [0.5, 0.6) is 11.5 Å². The third-order valence-corrected chi connectivity index (χ3v) is 6.17. The van der Waals surface area contributed by atoms with E-state index >= 15 is 0 Å². The molecule has 28 heavy (non-hydrogen) atoms. The number of piperidine rings is 1. The Morgan fingerprint density at radius 3 is 2.32 bits per heavy atom. The fraction of sp³-hybridized carbons (Fsp3) is 0.429. The number of rotatable bonds is 6. The van der Waals surface area contributed by atoms with Crippen LogP contribution in [0.4, 0.5) is 0 Å². The van der Waals surface area contributed by atoms with E-state index in [1.54, 1.807) is 48.7 Å². The molecule has 0 atom stereocenters. The lowest BCUT2D eigenvalue weighted by molar-refractivity contribution is -0.126. The highest BCUT2D eigenvalue weighted by molar-refractivity contribution is 7.10. The Morgan fingerprint density at radius 1 is 1.14 bits per heavy atom. The predicted molar refractivity (Wildman–Crippen MR) is 109 cm³/mol. The molecule has 0 aliphatic carbocycles. The van der Waals surface area contributed by atoms with Crippen molar-refractivity contribution >= 4 is 23.2 Å². The van der Waals surface area contributed by atoms with Gasteiger partial charge >= 0.3 is 0 Å². The molecule has 2 aromatic rings. The van der Waals surface area contributed by atoms with E-state index in [9.17, 15) is 9.59 Å². The van der Waals surface area contributed by atoms with Gasteiger partial charge in [0.25, 0.3) is 5.91 Å². The number of aryl methyl sites for hydroxylation is 1. The molecular formula is C21H26N2O4S. The number of methoxy groups -OCH3 is 2. The van der Waals surface area contributed by atoms with E-state index in [4.69, 9.17) is 9.47 Å². The summed E-state index contributed by atoms with van der Waals surface area (Å²) in [6.45, 7) is 3.75. The number of likely N-dealkylation sites (tertiary alicyclic amines) is 1. The highest BCUT2D eigenvalue weighted by atomic mass is 32.1. The number of hydrogen-bond donors (Lipinski definition) is 1. The van der Waals surface area contributed by atoms with Crippen molar-refractivity contribution in [3.05, 3.63) is 45.6 Å². The maximum atomic E-state index is 12.8. The van der Waals surface area contributed by atoms with E-state index in [0.29, 0.717) is 49.5 Å². The Labute approximate surface area is 169 Å². The van der Waals surface area contributed by atoms with Gasteiger partial charge in [-0.15, -0.1) is 11.3 Å². The molecule has 3 rings (SSSR count). The smallest absolute Gasteiger partial charge is 0.254 e. The minimum absolute atomic E-state index is 0.0517. The van der Waals surface area contributed by atoms with Crippen LogP contribution in [-0.4, -0.2) is 44.0 Å². The molecule has 0 saturated carbocycles. The molecule has 2 heterocycles. The molecule has 1 fully saturated rings. The van der Waals surface area contributed by atoms with Gasteiger partial charge in [-0.1, -0.05) is 0 Å². The molecule has 0 bridgehead atoms. The topological polar surface area (TPSA) is 67.9 Å². The van der Waals surface area contributed by atoms with Crippen LogP contribution in [0.1, 0.15) is 33.6 Å². The van der Waals surface area contributed by atoms with Gasteiger partial charge in [-0.05, 0) is 48.9 Å². The molecule has 7 heteroatoms. The Morgan fingerprint density at radius 2 is 1.79 bits per heavy atom. The predicted octanol–water partition coefficient (Wildman–Crippen LogP) is 3.24. The van der Waals surface area contributed by atoms with E-state index in [0.717, 1.165) is 0 Å². The largest absolute Gasteiger partial charge is 0.497 e. The lowest BCUT2D eigenvalue weighted by atomic mass is 9.95. The molecule has 0 unspecified atom stereocenters. The van der Waals surface area contributed by atoms with E-state index in [-0.39, 0.29) is 17.7 Å². The summed E-state index contributed by atoms with van der Waals surface area (Å²) in [5.74, 6) is 1.12. The number of amides is 2. The maximum Gasteiger partial charge on any atom is 0.254 e. The third-order valence-electron chi connectivity index (χ3n) is 5.14. The SMILES string of the molecule is COc1cc(OC)cc(C(=O)N2CCC(C(=O)NCc3sccc3C)CC2)c1. The molecule has 1 N–H and O–H groups in total. The molecule has 1 aliphatic rings. The Balaban J connectivity index is 1.55. The van der Waals surface area contributed by atoms with Crippen molar-refractivity contribution in [2.45, 2.75) is 26.3 Å². The molecule has 0 radical (unpaired) electrons. The standard InChI is InChI=1S/C21H26N2O4S/c1-14-6-9-28-19(14)13-22-20(24)15-4-7-23(8-5-15)21(25)16-10-17(26-2)12-18(11-16)27-3/h6,9-12,15H,4-5,7-8,13H2,1-3H3,(H,22,24). The van der Waals surface area contributed by atoms with Crippen LogP contribution in [0, 0.1) is 12.8 Å². The van der Waals surface area contributed by atoms with Crippen LogP contribution in [0.2, 0.25) is 0 Å². The van der Waals surface area contributed by atoms with Crippen LogP contribution in [0.15, 0.2) is 29.6 Å². The number of benzene rings is 1. The second-order valence-electron chi connectivity index (χ2n) is 6.91. The second kappa shape index (κ2) is 9.10. The van der Waals surface area contributed by atoms with Crippen molar-refractivity contribution in [3.8, 4) is 11.5 Å². The summed E-state index contributed by atoms with van der Waals surface area (Å²) in [6, 6.07) is 7.23. The number of carbonyl (C=O) groups is 2. The van der Waals surface area contributed by atoms with Crippen LogP contribution in [0.25, 0.3) is 0 Å². The van der Waals surface area contributed by atoms with Crippen LogP contribution >= 0.6 is 11.3 Å². The summed E-state index contributed by atoms with van der Waals surface area (Å²) in [5.41, 5.74) is 1.74. The van der Waals surface area contributed by atoms with Crippen LogP contribution in [0.3, 0.4) is 0 Å². The molecule has 0 spiro atoms. The van der Waals surface area contributed by atoms with Crippen molar-refractivity contribution in [2.24, 2.45) is 5.92 Å². The molecular weight excluding hydrogens is 376 g/mol. The second-order valence-corrected chi connectivity index (χ2v) is 7.91. The van der Waals surface area contributed by atoms with Gasteiger partial charge in [0, 0.05) is 35.5 Å². The van der Waals surface area contributed by atoms with Crippen LogP contribution in [-0.2, 0) is 11.3 Å². The number of ether oxygens (including phenoxy) is 2. The number of hydrogen-bond acceptors (Lipinski definition) is 5. The van der Waals surface area contributed by atoms with Gasteiger partial charge in [0.15, 0.2) is 0 Å². The van der Waals surface area contributed by atoms with E-state index < -0.39 is 0 Å². The zero-order chi connectivity index (χ0) is 20.1. The van der Waals surface area contributed by atoms with Gasteiger partial charge in [0.05, 0.1) is 20.8 Å². The summed E-state index contributed by atoms with van der Waals surface area (Å²) in [6.07, 6.45) is 1.34. The summed E-state index contributed by atoms with van der Waals surface area (Å²) < 4.78 is 10.5. The fourth-order valence-corrected chi connectivity index (χ4v) is 4.20. The number of thiophene rings is 1. The van der Waals surface area contributed by atoms with Crippen molar-refractivity contribution in [1.82, 2.24) is 10.2 Å². The minimum Gasteiger partial charge on any atom is -0.497 e. The van der Waals surface area contributed by atoms with Gasteiger partial charge in [0.2, 0.25) is 5.91 Å². The minimum atomic E-state index is -0.0646. The molecule has 1 aromatic carbocycles. The highest BCUT2D eigenvalue weighted by Gasteiger charge is 2.28. The Hall–Kier alpha value is -2.54. The first-order valence-corrected chi connectivity index (χ1v) is 10.2. The average molecular weight is 403 g/mol. The van der Waals surface area contributed by atoms with Crippen molar-refractivity contribution in [1.29, 1.82) is 0 Å². The summed E-state index contributed by atoms with van der Waals surface area (Å²) in [7, 11) is 3.12. The molecule has 1 aliphatic heterocycles. The van der Waals surface area contributed by atoms with Crippen molar-refractivity contribution in [3.63, 3.8) is 0 Å². The molecule has 2 amide bonds. The molecule has 150 valence electrons. The fourth-order valence-electron chi connectivity index (χ4n) is 3.36. The summed E-state index contributed by atoms with van der Waals surface area (Å²) in [4.78, 5) is 28.3. The zero-order valence-electron chi connectivity index (χ0n) is 16.5. The first-order valence-electron chi connectivity index (χ1n) is 9.35. The molecule has 6 nitrogen and oxygen atoms in total. The van der Waals surface area contributed by atoms with Crippen LogP contribution < -0.4 is 14.8 Å². The van der Waals surface area contributed by atoms with E-state index in [2.05, 4.69) is 18.3 Å². The lowest BCUT2D eigenvalue weighted by Crippen LogP contribution is -2.42. The van der Waals surface area contributed by atoms with Crippen molar-refractivity contribution in [2.75, 3.05) is 27.3 Å². The quantitative estimate of drug-likeness (QED) is 0.805. The first-order chi connectivity index (χ1) is 13.5. The summed E-state index contributed by atoms with van der Waals surface area (Å²) in [5, 5.41) is 5.07. The zero-order valence-corrected chi connectivity index (χ0v) is 17.3. The number of nitrogens with zero attached hydrogens (tertiary/aromatic N) is 1. The third kappa shape index (κ3) is 4.65. The van der Waals surface area contributed by atoms with E-state index in [1.165, 1.54) is 10.4 Å². The summed E-state index contributed by atoms with van der Waals surface area (Å²) >= 11 is 1.66. The monoisotopic (exact) mass is 402 g/mol. The van der Waals surface area contributed by atoms with Gasteiger partial charge in [-0.25, -0.2) is 0 Å². The number of carbonyl (C=O) groups excluding carboxylic acids is 2. The molecule has 1 saturated heterocycles. The van der Waals surface area contributed by atoms with Gasteiger partial charge in [-0.2, -0.15) is 0 Å². The lowest BCUT2D eigenvalue weighted by Gasteiger charge is -2.31. The van der Waals surface area contributed by atoms with Gasteiger partial charge in [-0.3, -0.25) is 9.59 Å². The Kier molecular flexibility index (Phi) is 6.57. The Bertz CT molecular complexity index is 818. The maximum absolute atomic E-state index is 12.8. The van der Waals surface area contributed by atoms with Gasteiger partial charge in [0.1, 0.15) is 11.5 Å². The van der Waals surface area contributed by atoms with Crippen molar-refractivity contribution < 1.29 is 19.1 Å². The first kappa shape index (κ1) is 20.2.